The molecule has 0 saturated heterocycles. The monoisotopic (exact) mass is 136 g/mol. The van der Waals surface area contributed by atoms with Crippen LogP contribution in [0.15, 0.2) is 0 Å². The van der Waals surface area contributed by atoms with E-state index >= 15 is 0 Å². The summed E-state index contributed by atoms with van der Waals surface area (Å²) in [5.41, 5.74) is 0. The minimum atomic E-state index is -3.03. The van der Waals surface area contributed by atoms with Gasteiger partial charge in [-0.2, -0.15) is 8.78 Å². The zero-order valence-corrected chi connectivity index (χ0v) is 4.61. The van der Waals surface area contributed by atoms with Crippen LogP contribution in [0.3, 0.4) is 0 Å². The molecular formula is C2H4Cl2F2. The van der Waals surface area contributed by atoms with Gasteiger partial charge in [0, 0.05) is 6.92 Å². The summed E-state index contributed by atoms with van der Waals surface area (Å²) in [5.74, 6) is 0. The van der Waals surface area contributed by atoms with Gasteiger partial charge in [-0.15, -0.1) is 12.4 Å². The molecule has 0 spiro atoms. The fraction of sp³-hybridized carbons (Fsp3) is 1.00. The molecule has 6 heavy (non-hydrogen) atoms. The van der Waals surface area contributed by atoms with E-state index in [0.29, 0.717) is 6.92 Å². The number of hydrogen-bond acceptors (Lipinski definition) is 0. The van der Waals surface area contributed by atoms with Gasteiger partial charge in [0.2, 0.25) is 0 Å². The maximum atomic E-state index is 10.8. The van der Waals surface area contributed by atoms with Crippen molar-refractivity contribution in [1.82, 2.24) is 0 Å². The Morgan fingerprint density at radius 1 is 1.50 bits per heavy atom. The average molecular weight is 137 g/mol. The van der Waals surface area contributed by atoms with Gasteiger partial charge in [0.05, 0.1) is 0 Å². The second kappa shape index (κ2) is 2.59. The van der Waals surface area contributed by atoms with Gasteiger partial charge in [0.1, 0.15) is 0 Å². The molecule has 0 aromatic rings. The van der Waals surface area contributed by atoms with Crippen LogP contribution in [0.25, 0.3) is 0 Å². The van der Waals surface area contributed by atoms with Crippen LogP contribution >= 0.6 is 24.0 Å². The van der Waals surface area contributed by atoms with E-state index < -0.39 is 5.38 Å². The summed E-state index contributed by atoms with van der Waals surface area (Å²) in [6.45, 7) is 0.620. The van der Waals surface area contributed by atoms with E-state index in [-0.39, 0.29) is 12.4 Å². The molecule has 0 rings (SSSR count). The standard InChI is InChI=1S/C2H3ClF2.ClH/c1-2(3,4)5;/h1H3;1H. The maximum absolute atomic E-state index is 10.8. The lowest BCUT2D eigenvalue weighted by Crippen LogP contribution is -1.92. The lowest BCUT2D eigenvalue weighted by Gasteiger charge is -1.90. The first-order chi connectivity index (χ1) is 2.00. The summed E-state index contributed by atoms with van der Waals surface area (Å²) in [4.78, 5) is 0. The van der Waals surface area contributed by atoms with Gasteiger partial charge in [-0.25, -0.2) is 0 Å². The van der Waals surface area contributed by atoms with E-state index in [1.807, 2.05) is 0 Å². The summed E-state index contributed by atoms with van der Waals surface area (Å²) in [6, 6.07) is 0. The van der Waals surface area contributed by atoms with Gasteiger partial charge in [-0.05, 0) is 11.6 Å². The highest BCUT2D eigenvalue weighted by atomic mass is 35.5. The molecule has 0 aromatic heterocycles. The summed E-state index contributed by atoms with van der Waals surface area (Å²) in [7, 11) is 0. The first-order valence-corrected chi connectivity index (χ1v) is 1.44. The van der Waals surface area contributed by atoms with Crippen LogP contribution in [0.1, 0.15) is 6.92 Å². The molecule has 0 heterocycles. The topological polar surface area (TPSA) is 0 Å². The molecule has 0 atom stereocenters. The second-order valence-electron chi connectivity index (χ2n) is 0.781. The van der Waals surface area contributed by atoms with Gasteiger partial charge in [0.25, 0.3) is 0 Å². The zero-order chi connectivity index (χ0) is 4.50. The van der Waals surface area contributed by atoms with E-state index in [0.717, 1.165) is 0 Å². The number of rotatable bonds is 0. The summed E-state index contributed by atoms with van der Waals surface area (Å²) in [6.07, 6.45) is 0. The number of hydrogen-bond donors (Lipinski definition) is 0. The highest BCUT2D eigenvalue weighted by molar-refractivity contribution is 6.21. The SMILES string of the molecule is CC(F)(F)Cl.Cl. The van der Waals surface area contributed by atoms with Crippen molar-refractivity contribution < 1.29 is 8.78 Å². The predicted molar refractivity (Wildman–Crippen MR) is 23.7 cm³/mol. The van der Waals surface area contributed by atoms with Crippen LogP contribution in [0, 0.1) is 0 Å². The normalized spacial score (nSPS) is 10.0. The molecule has 0 fully saturated rings. The lowest BCUT2D eigenvalue weighted by molar-refractivity contribution is 0.119. The van der Waals surface area contributed by atoms with E-state index in [1.165, 1.54) is 0 Å². The highest BCUT2D eigenvalue weighted by Gasteiger charge is 2.12. The molecule has 0 nitrogen and oxygen atoms in total. The largest absolute Gasteiger partial charge is 0.318 e. The van der Waals surface area contributed by atoms with Crippen LogP contribution in [0.2, 0.25) is 0 Å². The fourth-order valence-corrected chi connectivity index (χ4v) is 0. The fourth-order valence-electron chi connectivity index (χ4n) is 0. The molecule has 0 aromatic carbocycles. The maximum Gasteiger partial charge on any atom is 0.318 e. The summed E-state index contributed by atoms with van der Waals surface area (Å²) in [5, 5.41) is -3.03. The van der Waals surface area contributed by atoms with Crippen molar-refractivity contribution in [2.45, 2.75) is 12.3 Å². The first-order valence-electron chi connectivity index (χ1n) is 1.07. The van der Waals surface area contributed by atoms with Gasteiger partial charge in [-0.3, -0.25) is 0 Å². The van der Waals surface area contributed by atoms with Gasteiger partial charge in [-0.1, -0.05) is 0 Å². The third-order valence-corrected chi connectivity index (χ3v) is 0. The molecule has 0 aliphatic heterocycles. The van der Waals surface area contributed by atoms with Gasteiger partial charge in [0.15, 0.2) is 0 Å². The minimum absolute atomic E-state index is 0. The predicted octanol–water partition coefficient (Wildman–Crippen LogP) is 2.26. The number of halogens is 4. The summed E-state index contributed by atoms with van der Waals surface area (Å²) < 4.78 is 21.6. The molecule has 0 radical (unpaired) electrons. The van der Waals surface area contributed by atoms with Crippen LogP contribution in [0.4, 0.5) is 8.78 Å². The molecular weight excluding hydrogens is 133 g/mol. The van der Waals surface area contributed by atoms with E-state index in [1.54, 1.807) is 0 Å². The molecule has 0 saturated carbocycles. The van der Waals surface area contributed by atoms with Crippen LogP contribution in [0.5, 0.6) is 0 Å². The molecule has 0 bridgehead atoms. The van der Waals surface area contributed by atoms with E-state index in [9.17, 15) is 8.78 Å². The third-order valence-electron chi connectivity index (χ3n) is 0. The molecule has 0 aliphatic carbocycles. The van der Waals surface area contributed by atoms with Crippen molar-refractivity contribution in [3.05, 3.63) is 0 Å². The molecule has 0 amide bonds. The molecule has 40 valence electrons. The van der Waals surface area contributed by atoms with E-state index in [2.05, 4.69) is 11.6 Å². The Morgan fingerprint density at radius 2 is 1.50 bits per heavy atom. The van der Waals surface area contributed by atoms with Crippen molar-refractivity contribution in [3.8, 4) is 0 Å². The van der Waals surface area contributed by atoms with Gasteiger partial charge >= 0.3 is 5.38 Å². The molecule has 4 heteroatoms. The molecule has 0 unspecified atom stereocenters. The van der Waals surface area contributed by atoms with Crippen LogP contribution < -0.4 is 0 Å². The molecule has 0 N–H and O–H groups in total. The lowest BCUT2D eigenvalue weighted by atomic mass is 10.9. The van der Waals surface area contributed by atoms with Crippen molar-refractivity contribution in [3.63, 3.8) is 0 Å². The Balaban J connectivity index is 0. The Labute approximate surface area is 45.9 Å². The Kier molecular flexibility index (Phi) is 4.17. The minimum Gasteiger partial charge on any atom is -0.189 e. The van der Waals surface area contributed by atoms with Crippen LogP contribution in [-0.2, 0) is 0 Å². The average Bonchev–Trinajstić information content (AvgIpc) is 0.722. The number of alkyl halides is 3. The zero-order valence-electron chi connectivity index (χ0n) is 3.04. The third kappa shape index (κ3) is 271. The molecule has 0 aliphatic rings. The Bertz CT molecular complexity index is 25.0. The Morgan fingerprint density at radius 3 is 1.50 bits per heavy atom. The Hall–Kier alpha value is 0.440. The smallest absolute Gasteiger partial charge is 0.189 e. The van der Waals surface area contributed by atoms with Crippen molar-refractivity contribution >= 4 is 24.0 Å². The first kappa shape index (κ1) is 9.67. The van der Waals surface area contributed by atoms with E-state index in [4.69, 9.17) is 0 Å². The summed E-state index contributed by atoms with van der Waals surface area (Å²) >= 11 is 4.20. The quantitative estimate of drug-likeness (QED) is 0.449. The van der Waals surface area contributed by atoms with Crippen molar-refractivity contribution in [2.75, 3.05) is 0 Å². The van der Waals surface area contributed by atoms with Gasteiger partial charge < -0.3 is 0 Å². The van der Waals surface area contributed by atoms with Crippen LogP contribution in [-0.4, -0.2) is 5.38 Å². The van der Waals surface area contributed by atoms with Crippen molar-refractivity contribution in [2.24, 2.45) is 0 Å². The highest BCUT2D eigenvalue weighted by Crippen LogP contribution is 2.15. The van der Waals surface area contributed by atoms with Crippen molar-refractivity contribution in [1.29, 1.82) is 0 Å². The second-order valence-corrected chi connectivity index (χ2v) is 1.44.